The zero-order chi connectivity index (χ0) is 14.8. The molecule has 4 heteroatoms. The number of aromatic hydroxyl groups is 1. The van der Waals surface area contributed by atoms with Crippen molar-refractivity contribution in [2.45, 2.75) is 6.61 Å². The van der Waals surface area contributed by atoms with Crippen molar-refractivity contribution < 1.29 is 18.6 Å². The van der Waals surface area contributed by atoms with Crippen molar-refractivity contribution >= 4 is 10.8 Å². The normalized spacial score (nSPS) is 10.8. The van der Waals surface area contributed by atoms with Gasteiger partial charge in [0.1, 0.15) is 18.2 Å². The van der Waals surface area contributed by atoms with Crippen molar-refractivity contribution in [3.05, 3.63) is 71.8 Å². The van der Waals surface area contributed by atoms with E-state index in [1.54, 1.807) is 12.1 Å². The predicted octanol–water partition coefficient (Wildman–Crippen LogP) is 4.40. The quantitative estimate of drug-likeness (QED) is 0.773. The topological polar surface area (TPSA) is 29.5 Å². The maximum atomic E-state index is 13.5. The summed E-state index contributed by atoms with van der Waals surface area (Å²) >= 11 is 0. The lowest BCUT2D eigenvalue weighted by Crippen LogP contribution is -2.02. The number of rotatable bonds is 3. The van der Waals surface area contributed by atoms with E-state index in [2.05, 4.69) is 0 Å². The highest BCUT2D eigenvalue weighted by molar-refractivity contribution is 5.85. The number of phenols is 1. The van der Waals surface area contributed by atoms with Crippen LogP contribution in [0.4, 0.5) is 8.78 Å². The van der Waals surface area contributed by atoms with Gasteiger partial charge >= 0.3 is 0 Å². The molecule has 0 aliphatic rings. The first-order valence-corrected chi connectivity index (χ1v) is 6.42. The van der Waals surface area contributed by atoms with Gasteiger partial charge in [-0.15, -0.1) is 0 Å². The molecule has 0 fully saturated rings. The summed E-state index contributed by atoms with van der Waals surface area (Å²) in [6.07, 6.45) is 0. The Morgan fingerprint density at radius 3 is 2.14 bits per heavy atom. The Hall–Kier alpha value is -2.62. The summed E-state index contributed by atoms with van der Waals surface area (Å²) in [4.78, 5) is 0. The molecule has 0 radical (unpaired) electrons. The SMILES string of the molecule is Oc1cc2ccccc2cc1OCc1c(F)cccc1F. The number of ether oxygens (including phenoxy) is 1. The van der Waals surface area contributed by atoms with E-state index in [-0.39, 0.29) is 23.7 Å². The summed E-state index contributed by atoms with van der Waals surface area (Å²) in [5.41, 5.74) is -0.162. The number of halogens is 2. The standard InChI is InChI=1S/C17H12F2O2/c18-14-6-3-7-15(19)13(14)10-21-17-9-12-5-2-1-4-11(12)8-16(17)20/h1-9,20H,10H2. The molecule has 0 aliphatic heterocycles. The predicted molar refractivity (Wildman–Crippen MR) is 76.3 cm³/mol. The van der Waals surface area contributed by atoms with E-state index in [0.717, 1.165) is 10.8 Å². The van der Waals surface area contributed by atoms with Crippen LogP contribution in [-0.4, -0.2) is 5.11 Å². The smallest absolute Gasteiger partial charge is 0.162 e. The second-order valence-corrected chi connectivity index (χ2v) is 4.66. The van der Waals surface area contributed by atoms with Crippen molar-refractivity contribution in [3.63, 3.8) is 0 Å². The molecule has 0 saturated heterocycles. The first kappa shape index (κ1) is 13.4. The van der Waals surface area contributed by atoms with E-state index < -0.39 is 11.6 Å². The third-order valence-electron chi connectivity index (χ3n) is 3.26. The summed E-state index contributed by atoms with van der Waals surface area (Å²) in [6, 6.07) is 14.3. The van der Waals surface area contributed by atoms with E-state index >= 15 is 0 Å². The Labute approximate surface area is 120 Å². The highest BCUT2D eigenvalue weighted by atomic mass is 19.1. The molecule has 0 unspecified atom stereocenters. The molecule has 0 atom stereocenters. The van der Waals surface area contributed by atoms with Crippen LogP contribution < -0.4 is 4.74 Å². The minimum absolute atomic E-state index is 0.0644. The zero-order valence-electron chi connectivity index (χ0n) is 11.0. The number of hydrogen-bond acceptors (Lipinski definition) is 2. The van der Waals surface area contributed by atoms with Gasteiger partial charge in [-0.2, -0.15) is 0 Å². The fourth-order valence-electron chi connectivity index (χ4n) is 2.14. The first-order valence-electron chi connectivity index (χ1n) is 6.42. The summed E-state index contributed by atoms with van der Waals surface area (Å²) < 4.78 is 32.4. The molecule has 3 rings (SSSR count). The fourth-order valence-corrected chi connectivity index (χ4v) is 2.14. The summed E-state index contributed by atoms with van der Waals surface area (Å²) in [5.74, 6) is -1.22. The molecule has 0 aromatic heterocycles. The third kappa shape index (κ3) is 2.65. The second kappa shape index (κ2) is 5.40. The van der Waals surface area contributed by atoms with Gasteiger partial charge in [0.15, 0.2) is 11.5 Å². The van der Waals surface area contributed by atoms with Crippen LogP contribution >= 0.6 is 0 Å². The number of phenolic OH excluding ortho intramolecular Hbond substituents is 1. The lowest BCUT2D eigenvalue weighted by atomic mass is 10.1. The van der Waals surface area contributed by atoms with E-state index in [1.165, 1.54) is 18.2 Å². The molecule has 106 valence electrons. The largest absolute Gasteiger partial charge is 0.504 e. The number of fused-ring (bicyclic) bond motifs is 1. The Bertz CT molecular complexity index is 780. The molecule has 0 saturated carbocycles. The lowest BCUT2D eigenvalue weighted by Gasteiger charge is -2.10. The first-order chi connectivity index (χ1) is 10.1. The molecule has 0 heterocycles. The second-order valence-electron chi connectivity index (χ2n) is 4.66. The molecule has 2 nitrogen and oxygen atoms in total. The average molecular weight is 286 g/mol. The zero-order valence-corrected chi connectivity index (χ0v) is 11.0. The van der Waals surface area contributed by atoms with Gasteiger partial charge in [0.25, 0.3) is 0 Å². The minimum atomic E-state index is -0.671. The Morgan fingerprint density at radius 2 is 1.48 bits per heavy atom. The van der Waals surface area contributed by atoms with Crippen LogP contribution in [0.15, 0.2) is 54.6 Å². The van der Waals surface area contributed by atoms with Gasteiger partial charge in [-0.3, -0.25) is 0 Å². The van der Waals surface area contributed by atoms with Crippen molar-refractivity contribution in [3.8, 4) is 11.5 Å². The van der Waals surface area contributed by atoms with E-state index in [1.807, 2.05) is 24.3 Å². The third-order valence-corrected chi connectivity index (χ3v) is 3.26. The van der Waals surface area contributed by atoms with E-state index in [0.29, 0.717) is 0 Å². The van der Waals surface area contributed by atoms with Gasteiger partial charge in [-0.25, -0.2) is 8.78 Å². The van der Waals surface area contributed by atoms with Crippen LogP contribution in [0.1, 0.15) is 5.56 Å². The molecule has 0 aliphatic carbocycles. The van der Waals surface area contributed by atoms with Crippen LogP contribution in [0.25, 0.3) is 10.8 Å². The maximum absolute atomic E-state index is 13.5. The average Bonchev–Trinajstić information content (AvgIpc) is 2.47. The lowest BCUT2D eigenvalue weighted by molar-refractivity contribution is 0.278. The van der Waals surface area contributed by atoms with Crippen molar-refractivity contribution in [1.82, 2.24) is 0 Å². The number of hydrogen-bond donors (Lipinski definition) is 1. The van der Waals surface area contributed by atoms with Crippen molar-refractivity contribution in [2.75, 3.05) is 0 Å². The maximum Gasteiger partial charge on any atom is 0.162 e. The number of benzene rings is 3. The Balaban J connectivity index is 1.90. The van der Waals surface area contributed by atoms with Gasteiger partial charge in [-0.1, -0.05) is 30.3 Å². The Morgan fingerprint density at radius 1 is 0.857 bits per heavy atom. The summed E-state index contributed by atoms with van der Waals surface area (Å²) in [5, 5.41) is 11.6. The van der Waals surface area contributed by atoms with Crippen LogP contribution in [-0.2, 0) is 6.61 Å². The molecule has 21 heavy (non-hydrogen) atoms. The monoisotopic (exact) mass is 286 g/mol. The van der Waals surface area contributed by atoms with Crippen LogP contribution in [0.5, 0.6) is 11.5 Å². The van der Waals surface area contributed by atoms with Gasteiger partial charge in [0.05, 0.1) is 5.56 Å². The molecule has 0 spiro atoms. The highest BCUT2D eigenvalue weighted by Gasteiger charge is 2.11. The van der Waals surface area contributed by atoms with Gasteiger partial charge in [0.2, 0.25) is 0 Å². The molecule has 0 amide bonds. The van der Waals surface area contributed by atoms with Gasteiger partial charge < -0.3 is 9.84 Å². The van der Waals surface area contributed by atoms with Crippen LogP contribution in [0, 0.1) is 11.6 Å². The minimum Gasteiger partial charge on any atom is -0.504 e. The van der Waals surface area contributed by atoms with E-state index in [9.17, 15) is 13.9 Å². The molecular formula is C17H12F2O2. The fraction of sp³-hybridized carbons (Fsp3) is 0.0588. The van der Waals surface area contributed by atoms with Crippen molar-refractivity contribution in [2.24, 2.45) is 0 Å². The highest BCUT2D eigenvalue weighted by Crippen LogP contribution is 2.32. The van der Waals surface area contributed by atoms with Crippen LogP contribution in [0.3, 0.4) is 0 Å². The molecule has 1 N–H and O–H groups in total. The molecule has 0 bridgehead atoms. The van der Waals surface area contributed by atoms with Crippen LogP contribution in [0.2, 0.25) is 0 Å². The Kier molecular flexibility index (Phi) is 3.44. The molecule has 3 aromatic rings. The molecular weight excluding hydrogens is 274 g/mol. The van der Waals surface area contributed by atoms with Gasteiger partial charge in [-0.05, 0) is 35.0 Å². The summed E-state index contributed by atoms with van der Waals surface area (Å²) in [7, 11) is 0. The van der Waals surface area contributed by atoms with Crippen molar-refractivity contribution in [1.29, 1.82) is 0 Å². The van der Waals surface area contributed by atoms with Gasteiger partial charge in [0, 0.05) is 0 Å². The summed E-state index contributed by atoms with van der Waals surface area (Å²) in [6.45, 7) is -0.287. The van der Waals surface area contributed by atoms with E-state index in [4.69, 9.17) is 4.74 Å². The molecule has 3 aromatic carbocycles.